The van der Waals surface area contributed by atoms with Gasteiger partial charge in [-0.25, -0.2) is 0 Å². The van der Waals surface area contributed by atoms with E-state index in [4.69, 9.17) is 0 Å². The van der Waals surface area contributed by atoms with Gasteiger partial charge in [-0.15, -0.1) is 0 Å². The lowest BCUT2D eigenvalue weighted by Crippen LogP contribution is -2.23. The molecule has 2 rings (SSSR count). The normalized spacial score (nSPS) is 12.3. The van der Waals surface area contributed by atoms with Crippen LogP contribution in [0.1, 0.15) is 45.4 Å². The Hall–Kier alpha value is -2.26. The first-order valence-corrected chi connectivity index (χ1v) is 9.15. The van der Waals surface area contributed by atoms with Crippen molar-refractivity contribution in [2.24, 2.45) is 0 Å². The van der Waals surface area contributed by atoms with E-state index in [9.17, 15) is 0 Å². The molecular weight excluding hydrogens is 306 g/mol. The van der Waals surface area contributed by atoms with Crippen molar-refractivity contribution >= 4 is 5.57 Å². The molecule has 0 radical (unpaired) electrons. The van der Waals surface area contributed by atoms with Crippen molar-refractivity contribution in [2.75, 3.05) is 13.1 Å². The molecule has 0 aliphatic carbocycles. The lowest BCUT2D eigenvalue weighted by atomic mass is 10.0. The van der Waals surface area contributed by atoms with Crippen LogP contribution in [0.15, 0.2) is 54.9 Å². The van der Waals surface area contributed by atoms with E-state index in [1.54, 1.807) is 12.4 Å². The third-order valence-corrected chi connectivity index (χ3v) is 4.25. The van der Waals surface area contributed by atoms with E-state index < -0.39 is 0 Å². The van der Waals surface area contributed by atoms with Gasteiger partial charge in [-0.3, -0.25) is 14.9 Å². The van der Waals surface area contributed by atoms with Gasteiger partial charge in [0.15, 0.2) is 0 Å². The predicted molar refractivity (Wildman–Crippen MR) is 107 cm³/mol. The molecule has 3 nitrogen and oxygen atoms in total. The second-order valence-electron chi connectivity index (χ2n) is 6.06. The maximum atomic E-state index is 4.59. The number of hydrogen-bond acceptors (Lipinski definition) is 3. The first kappa shape index (κ1) is 19.1. The topological polar surface area (TPSA) is 29.0 Å². The molecule has 1 aromatic carbocycles. The first-order valence-electron chi connectivity index (χ1n) is 9.15. The Balaban J connectivity index is 2.29. The highest BCUT2D eigenvalue weighted by atomic mass is 15.1. The lowest BCUT2D eigenvalue weighted by molar-refractivity contribution is 0.280. The first-order chi connectivity index (χ1) is 12.2. The molecule has 0 N–H and O–H groups in total. The molecule has 132 valence electrons. The summed E-state index contributed by atoms with van der Waals surface area (Å²) in [5.74, 6) is 0. The van der Waals surface area contributed by atoms with Crippen LogP contribution in [-0.4, -0.2) is 28.0 Å². The Morgan fingerprint density at radius 2 is 1.76 bits per heavy atom. The van der Waals surface area contributed by atoms with Crippen LogP contribution in [0.25, 0.3) is 16.8 Å². The van der Waals surface area contributed by atoms with Crippen molar-refractivity contribution in [2.45, 2.75) is 40.7 Å². The van der Waals surface area contributed by atoms with Crippen molar-refractivity contribution in [3.63, 3.8) is 0 Å². The molecule has 2 aromatic rings. The molecular formula is C22H29N3. The molecule has 25 heavy (non-hydrogen) atoms. The van der Waals surface area contributed by atoms with Gasteiger partial charge in [0.1, 0.15) is 0 Å². The molecule has 0 aliphatic rings. The minimum atomic E-state index is 0.928. The smallest absolute Gasteiger partial charge is 0.0965 e. The molecule has 0 aliphatic heterocycles. The van der Waals surface area contributed by atoms with Crippen molar-refractivity contribution < 1.29 is 0 Å². The van der Waals surface area contributed by atoms with E-state index in [2.05, 4.69) is 65.1 Å². The zero-order valence-corrected chi connectivity index (χ0v) is 15.9. The van der Waals surface area contributed by atoms with Crippen LogP contribution in [0.3, 0.4) is 0 Å². The van der Waals surface area contributed by atoms with Crippen LogP contribution < -0.4 is 0 Å². The molecule has 0 saturated carbocycles. The van der Waals surface area contributed by atoms with E-state index >= 15 is 0 Å². The molecule has 3 heteroatoms. The van der Waals surface area contributed by atoms with Gasteiger partial charge in [0.25, 0.3) is 0 Å². The van der Waals surface area contributed by atoms with Gasteiger partial charge in [-0.05, 0) is 44.5 Å². The monoisotopic (exact) mass is 335 g/mol. The minimum absolute atomic E-state index is 0.928. The van der Waals surface area contributed by atoms with E-state index in [-0.39, 0.29) is 0 Å². The Labute approximate surface area is 152 Å². The summed E-state index contributed by atoms with van der Waals surface area (Å²) >= 11 is 0. The summed E-state index contributed by atoms with van der Waals surface area (Å²) in [5, 5.41) is 0. The summed E-state index contributed by atoms with van der Waals surface area (Å²) in [6.07, 6.45) is 10.9. The van der Waals surface area contributed by atoms with Gasteiger partial charge in [-0.2, -0.15) is 0 Å². The quantitative estimate of drug-likeness (QED) is 0.609. The number of rotatable bonds is 8. The summed E-state index contributed by atoms with van der Waals surface area (Å²) in [6.45, 7) is 11.7. The third kappa shape index (κ3) is 5.10. The second-order valence-corrected chi connectivity index (χ2v) is 6.06. The van der Waals surface area contributed by atoms with Gasteiger partial charge < -0.3 is 0 Å². The van der Waals surface area contributed by atoms with E-state index in [1.165, 1.54) is 12.0 Å². The lowest BCUT2D eigenvalue weighted by Gasteiger charge is -2.19. The number of hydrogen-bond donors (Lipinski definition) is 0. The fourth-order valence-corrected chi connectivity index (χ4v) is 2.94. The standard InChI is InChI=1S/C22H29N3/c1-5-9-19(7-3)21-22(24-15-14-23-21)20-12-10-18(11-13-20)17-25(8-4)16-6-2/h5,7,9-15H,6,8,16-17H2,1-4H3/b9-5-,19-7+. The maximum absolute atomic E-state index is 4.59. The van der Waals surface area contributed by atoms with Gasteiger partial charge in [0.2, 0.25) is 0 Å². The summed E-state index contributed by atoms with van der Waals surface area (Å²) in [6, 6.07) is 8.73. The zero-order valence-electron chi connectivity index (χ0n) is 15.9. The Morgan fingerprint density at radius 1 is 1.04 bits per heavy atom. The van der Waals surface area contributed by atoms with Gasteiger partial charge in [-0.1, -0.05) is 56.3 Å². The van der Waals surface area contributed by atoms with Crippen LogP contribution in [-0.2, 0) is 6.54 Å². The third-order valence-electron chi connectivity index (χ3n) is 4.25. The average Bonchev–Trinajstić information content (AvgIpc) is 2.66. The number of aromatic nitrogens is 2. The van der Waals surface area contributed by atoms with E-state index in [0.717, 1.165) is 42.2 Å². The molecule has 1 heterocycles. The number of allylic oxidation sites excluding steroid dienone is 4. The van der Waals surface area contributed by atoms with Crippen molar-refractivity contribution in [3.05, 3.63) is 66.1 Å². The number of nitrogens with zero attached hydrogens (tertiary/aromatic N) is 3. The second kappa shape index (κ2) is 9.90. The highest BCUT2D eigenvalue weighted by molar-refractivity contribution is 5.81. The van der Waals surface area contributed by atoms with Gasteiger partial charge in [0, 0.05) is 24.5 Å². The Morgan fingerprint density at radius 3 is 2.36 bits per heavy atom. The minimum Gasteiger partial charge on any atom is -0.299 e. The molecule has 0 atom stereocenters. The predicted octanol–water partition coefficient (Wildman–Crippen LogP) is 5.35. The largest absolute Gasteiger partial charge is 0.299 e. The fraction of sp³-hybridized carbons (Fsp3) is 0.364. The average molecular weight is 335 g/mol. The fourth-order valence-electron chi connectivity index (χ4n) is 2.94. The number of benzene rings is 1. The van der Waals surface area contributed by atoms with Crippen molar-refractivity contribution in [1.82, 2.24) is 14.9 Å². The molecule has 0 spiro atoms. The molecule has 0 fully saturated rings. The summed E-state index contributed by atoms with van der Waals surface area (Å²) in [5.41, 5.74) is 5.39. The summed E-state index contributed by atoms with van der Waals surface area (Å²) < 4.78 is 0. The summed E-state index contributed by atoms with van der Waals surface area (Å²) in [4.78, 5) is 11.6. The van der Waals surface area contributed by atoms with E-state index in [1.807, 2.05) is 19.9 Å². The molecule has 0 bridgehead atoms. The SMILES string of the molecule is C/C=C\C(=C/C)c1nccnc1-c1ccc(CN(CC)CCC)cc1. The highest BCUT2D eigenvalue weighted by Gasteiger charge is 2.10. The Kier molecular flexibility index (Phi) is 7.55. The van der Waals surface area contributed by atoms with Crippen LogP contribution >= 0.6 is 0 Å². The van der Waals surface area contributed by atoms with Crippen LogP contribution in [0.5, 0.6) is 0 Å². The van der Waals surface area contributed by atoms with E-state index in [0.29, 0.717) is 0 Å². The van der Waals surface area contributed by atoms with Crippen LogP contribution in [0, 0.1) is 0 Å². The molecule has 0 amide bonds. The van der Waals surface area contributed by atoms with Crippen LogP contribution in [0.2, 0.25) is 0 Å². The van der Waals surface area contributed by atoms with Crippen molar-refractivity contribution in [3.8, 4) is 11.3 Å². The summed E-state index contributed by atoms with van der Waals surface area (Å²) in [7, 11) is 0. The van der Waals surface area contributed by atoms with Gasteiger partial charge in [0.05, 0.1) is 11.4 Å². The highest BCUT2D eigenvalue weighted by Crippen LogP contribution is 2.26. The maximum Gasteiger partial charge on any atom is 0.0965 e. The zero-order chi connectivity index (χ0) is 18.1. The van der Waals surface area contributed by atoms with Crippen molar-refractivity contribution in [1.29, 1.82) is 0 Å². The van der Waals surface area contributed by atoms with Gasteiger partial charge >= 0.3 is 0 Å². The molecule has 0 unspecified atom stereocenters. The van der Waals surface area contributed by atoms with Crippen LogP contribution in [0.4, 0.5) is 0 Å². The Bertz CT molecular complexity index is 714. The molecule has 0 saturated heterocycles. The molecule has 1 aromatic heterocycles.